The Hall–Kier alpha value is -0.193. The van der Waals surface area contributed by atoms with Crippen LogP contribution in [0.5, 0.6) is 0 Å². The fraction of sp³-hybridized carbons (Fsp3) is 0.667. The molecule has 12 heavy (non-hydrogen) atoms. The Morgan fingerprint density at radius 2 is 2.00 bits per heavy atom. The van der Waals surface area contributed by atoms with Crippen molar-refractivity contribution in [2.24, 2.45) is 0 Å². The molecule has 1 rings (SSSR count). The summed E-state index contributed by atoms with van der Waals surface area (Å²) in [7, 11) is 0. The van der Waals surface area contributed by atoms with Crippen molar-refractivity contribution >= 4 is 0 Å². The SMILES string of the molecule is CCCn1cc[n+](CCC)c1.[Li+]. The van der Waals surface area contributed by atoms with Gasteiger partial charge in [-0.3, -0.25) is 0 Å². The molecule has 0 radical (unpaired) electrons. The third-order valence-electron chi connectivity index (χ3n) is 1.71. The standard InChI is InChI=1S/C9H17N2.Li/c1-3-5-10-7-8-11(9-10)6-4-2;/h7-9H,3-6H2,1-2H3;/q2*+1. The molecule has 0 unspecified atom stereocenters. The van der Waals surface area contributed by atoms with Gasteiger partial charge >= 0.3 is 18.9 Å². The maximum Gasteiger partial charge on any atom is 1.00 e. The van der Waals surface area contributed by atoms with Crippen LogP contribution in [0, 0.1) is 0 Å². The van der Waals surface area contributed by atoms with Gasteiger partial charge in [0.25, 0.3) is 0 Å². The Labute approximate surface area is 86.8 Å². The van der Waals surface area contributed by atoms with Crippen molar-refractivity contribution in [3.8, 4) is 0 Å². The summed E-state index contributed by atoms with van der Waals surface area (Å²) >= 11 is 0. The number of aromatic nitrogens is 2. The third-order valence-corrected chi connectivity index (χ3v) is 1.71. The molecule has 0 spiro atoms. The van der Waals surface area contributed by atoms with Crippen LogP contribution in [-0.2, 0) is 13.1 Å². The molecule has 0 aromatic carbocycles. The fourth-order valence-electron chi connectivity index (χ4n) is 1.22. The van der Waals surface area contributed by atoms with Crippen molar-refractivity contribution in [1.82, 2.24) is 4.57 Å². The summed E-state index contributed by atoms with van der Waals surface area (Å²) in [5.74, 6) is 0. The number of hydrogen-bond acceptors (Lipinski definition) is 0. The minimum Gasteiger partial charge on any atom is -0.237 e. The van der Waals surface area contributed by atoms with Crippen LogP contribution in [0.1, 0.15) is 26.7 Å². The van der Waals surface area contributed by atoms with Gasteiger partial charge in [-0.25, -0.2) is 9.13 Å². The van der Waals surface area contributed by atoms with Crippen molar-refractivity contribution in [3.05, 3.63) is 18.7 Å². The van der Waals surface area contributed by atoms with E-state index in [-0.39, 0.29) is 18.9 Å². The normalized spacial score (nSPS) is 9.50. The minimum absolute atomic E-state index is 0. The van der Waals surface area contributed by atoms with E-state index in [1.54, 1.807) is 0 Å². The Balaban J connectivity index is 0.00000121. The van der Waals surface area contributed by atoms with Gasteiger partial charge in [0.05, 0.1) is 13.1 Å². The number of nitrogens with zero attached hydrogens (tertiary/aromatic N) is 2. The van der Waals surface area contributed by atoms with Gasteiger partial charge in [-0.2, -0.15) is 0 Å². The smallest absolute Gasteiger partial charge is 0.237 e. The van der Waals surface area contributed by atoms with E-state index in [1.165, 1.54) is 12.8 Å². The summed E-state index contributed by atoms with van der Waals surface area (Å²) in [6.45, 7) is 6.67. The molecule has 0 fully saturated rings. The predicted octanol–water partition coefficient (Wildman–Crippen LogP) is -1.40. The van der Waals surface area contributed by atoms with E-state index >= 15 is 0 Å². The monoisotopic (exact) mass is 160 g/mol. The number of rotatable bonds is 4. The summed E-state index contributed by atoms with van der Waals surface area (Å²) in [4.78, 5) is 0. The molecule has 0 atom stereocenters. The molecule has 0 bridgehead atoms. The molecule has 0 aliphatic rings. The second-order valence-electron chi connectivity index (χ2n) is 2.89. The molecule has 0 saturated heterocycles. The van der Waals surface area contributed by atoms with Crippen molar-refractivity contribution in [1.29, 1.82) is 0 Å². The summed E-state index contributed by atoms with van der Waals surface area (Å²) < 4.78 is 4.46. The van der Waals surface area contributed by atoms with E-state index in [4.69, 9.17) is 0 Å². The second kappa shape index (κ2) is 6.34. The van der Waals surface area contributed by atoms with Gasteiger partial charge in [-0.05, 0) is 12.8 Å². The zero-order valence-electron chi connectivity index (χ0n) is 8.45. The maximum absolute atomic E-state index is 2.23. The first kappa shape index (κ1) is 11.8. The van der Waals surface area contributed by atoms with Crippen LogP contribution < -0.4 is 23.4 Å². The van der Waals surface area contributed by atoms with Crippen molar-refractivity contribution in [3.63, 3.8) is 0 Å². The molecule has 0 saturated carbocycles. The number of aryl methyl sites for hydroxylation is 2. The Morgan fingerprint density at radius 3 is 2.58 bits per heavy atom. The van der Waals surface area contributed by atoms with Gasteiger partial charge in [-0.15, -0.1) is 0 Å². The quantitative estimate of drug-likeness (QED) is 0.378. The van der Waals surface area contributed by atoms with E-state index in [2.05, 4.69) is 41.7 Å². The van der Waals surface area contributed by atoms with E-state index in [9.17, 15) is 0 Å². The van der Waals surface area contributed by atoms with Crippen molar-refractivity contribution in [2.45, 2.75) is 39.8 Å². The van der Waals surface area contributed by atoms with Crippen LogP contribution >= 0.6 is 0 Å². The maximum atomic E-state index is 2.23. The molecular weight excluding hydrogens is 143 g/mol. The molecule has 1 heterocycles. The second-order valence-corrected chi connectivity index (χ2v) is 2.89. The first-order chi connectivity index (χ1) is 5.36. The summed E-state index contributed by atoms with van der Waals surface area (Å²) in [6.07, 6.45) is 8.87. The number of hydrogen-bond donors (Lipinski definition) is 0. The van der Waals surface area contributed by atoms with Crippen LogP contribution in [0.2, 0.25) is 0 Å². The molecule has 1 aromatic heterocycles. The summed E-state index contributed by atoms with van der Waals surface area (Å²) in [6, 6.07) is 0. The van der Waals surface area contributed by atoms with Crippen LogP contribution in [0.4, 0.5) is 0 Å². The largest absolute Gasteiger partial charge is 1.00 e. The van der Waals surface area contributed by atoms with Gasteiger partial charge in [0.1, 0.15) is 12.4 Å². The van der Waals surface area contributed by atoms with Gasteiger partial charge in [0.15, 0.2) is 0 Å². The molecule has 2 nitrogen and oxygen atoms in total. The molecule has 0 aliphatic heterocycles. The van der Waals surface area contributed by atoms with Gasteiger partial charge < -0.3 is 0 Å². The molecule has 0 aliphatic carbocycles. The van der Waals surface area contributed by atoms with Crippen molar-refractivity contribution < 1.29 is 23.4 Å². The van der Waals surface area contributed by atoms with Crippen LogP contribution in [0.3, 0.4) is 0 Å². The zero-order valence-corrected chi connectivity index (χ0v) is 8.45. The molecule has 0 amide bonds. The fourth-order valence-corrected chi connectivity index (χ4v) is 1.22. The molecule has 1 aromatic rings. The Morgan fingerprint density at radius 1 is 1.25 bits per heavy atom. The first-order valence-corrected chi connectivity index (χ1v) is 4.41. The number of imidazole rings is 1. The molecule has 3 heteroatoms. The average molecular weight is 160 g/mol. The van der Waals surface area contributed by atoms with Crippen LogP contribution in [-0.4, -0.2) is 4.57 Å². The Kier molecular flexibility index (Phi) is 6.24. The molecule has 62 valence electrons. The predicted molar refractivity (Wildman–Crippen MR) is 45.2 cm³/mol. The molecule has 0 N–H and O–H groups in total. The zero-order chi connectivity index (χ0) is 8.10. The van der Waals surface area contributed by atoms with Gasteiger partial charge in [0.2, 0.25) is 6.33 Å². The summed E-state index contributed by atoms with van der Waals surface area (Å²) in [5, 5.41) is 0. The molecular formula is C9H17LiN2+2. The first-order valence-electron chi connectivity index (χ1n) is 4.41. The minimum atomic E-state index is 0. The van der Waals surface area contributed by atoms with E-state index < -0.39 is 0 Å². The Bertz CT molecular complexity index is 188. The van der Waals surface area contributed by atoms with Crippen molar-refractivity contribution in [2.75, 3.05) is 0 Å². The van der Waals surface area contributed by atoms with Gasteiger partial charge in [-0.1, -0.05) is 13.8 Å². The van der Waals surface area contributed by atoms with E-state index in [0.29, 0.717) is 0 Å². The van der Waals surface area contributed by atoms with E-state index in [0.717, 1.165) is 13.1 Å². The summed E-state index contributed by atoms with van der Waals surface area (Å²) in [5.41, 5.74) is 0. The van der Waals surface area contributed by atoms with Crippen LogP contribution in [0.15, 0.2) is 18.7 Å². The average Bonchev–Trinajstić information content (AvgIpc) is 2.38. The van der Waals surface area contributed by atoms with Crippen LogP contribution in [0.25, 0.3) is 0 Å². The van der Waals surface area contributed by atoms with Gasteiger partial charge in [0, 0.05) is 0 Å². The third kappa shape index (κ3) is 3.47. The van der Waals surface area contributed by atoms with E-state index in [1.807, 2.05) is 0 Å². The topological polar surface area (TPSA) is 8.81 Å².